The van der Waals surface area contributed by atoms with Crippen molar-refractivity contribution in [2.75, 3.05) is 7.05 Å². The Morgan fingerprint density at radius 1 is 1.43 bits per heavy atom. The predicted molar refractivity (Wildman–Crippen MR) is 60.7 cm³/mol. The Labute approximate surface area is 90.8 Å². The molecule has 74 valence electrons. The molecule has 2 heterocycles. The topological polar surface area (TPSA) is 37.8 Å². The van der Waals surface area contributed by atoms with E-state index in [0.29, 0.717) is 0 Å². The van der Waals surface area contributed by atoms with Crippen molar-refractivity contribution in [1.29, 1.82) is 0 Å². The van der Waals surface area contributed by atoms with Crippen LogP contribution in [0.25, 0.3) is 9.88 Å². The zero-order valence-corrected chi connectivity index (χ0v) is 9.71. The van der Waals surface area contributed by atoms with Crippen molar-refractivity contribution in [1.82, 2.24) is 15.5 Å². The third-order valence-corrected chi connectivity index (χ3v) is 3.94. The van der Waals surface area contributed by atoms with Crippen LogP contribution in [0.15, 0.2) is 11.4 Å². The summed E-state index contributed by atoms with van der Waals surface area (Å²) in [5.74, 6) is 0. The summed E-state index contributed by atoms with van der Waals surface area (Å²) < 4.78 is 0. The van der Waals surface area contributed by atoms with Gasteiger partial charge >= 0.3 is 0 Å². The average molecular weight is 225 g/mol. The van der Waals surface area contributed by atoms with Gasteiger partial charge in [0, 0.05) is 6.54 Å². The molecule has 0 aromatic carbocycles. The number of aryl methyl sites for hydroxylation is 1. The molecule has 0 aliphatic carbocycles. The summed E-state index contributed by atoms with van der Waals surface area (Å²) >= 11 is 3.38. The molecular formula is C9H11N3S2. The molecule has 14 heavy (non-hydrogen) atoms. The zero-order chi connectivity index (χ0) is 9.97. The van der Waals surface area contributed by atoms with Crippen LogP contribution in [0.3, 0.4) is 0 Å². The maximum absolute atomic E-state index is 4.18. The molecule has 0 fully saturated rings. The van der Waals surface area contributed by atoms with Crippen molar-refractivity contribution in [3.05, 3.63) is 22.0 Å². The quantitative estimate of drug-likeness (QED) is 0.871. The minimum Gasteiger partial charge on any atom is -0.313 e. The highest BCUT2D eigenvalue weighted by Gasteiger charge is 2.09. The minimum atomic E-state index is 0.794. The van der Waals surface area contributed by atoms with Gasteiger partial charge in [-0.05, 0) is 31.0 Å². The van der Waals surface area contributed by atoms with Gasteiger partial charge in [0.05, 0.1) is 4.88 Å². The van der Waals surface area contributed by atoms with Crippen molar-refractivity contribution < 1.29 is 0 Å². The molecular weight excluding hydrogens is 214 g/mol. The van der Waals surface area contributed by atoms with Crippen molar-refractivity contribution in [2.45, 2.75) is 13.5 Å². The number of thiophene rings is 1. The fourth-order valence-corrected chi connectivity index (χ4v) is 3.09. The Bertz CT molecular complexity index is 419. The first-order valence-corrected chi connectivity index (χ1v) is 6.02. The molecule has 2 aromatic heterocycles. The Balaban J connectivity index is 2.29. The molecule has 2 aromatic rings. The summed E-state index contributed by atoms with van der Waals surface area (Å²) in [5.41, 5.74) is 1.28. The highest BCUT2D eigenvalue weighted by molar-refractivity contribution is 7.20. The van der Waals surface area contributed by atoms with Crippen LogP contribution in [0.5, 0.6) is 0 Å². The lowest BCUT2D eigenvalue weighted by Gasteiger charge is -1.90. The van der Waals surface area contributed by atoms with Crippen LogP contribution < -0.4 is 5.32 Å². The average Bonchev–Trinajstić information content (AvgIpc) is 2.74. The van der Waals surface area contributed by atoms with E-state index in [1.165, 1.54) is 10.4 Å². The fourth-order valence-electron chi connectivity index (χ4n) is 1.16. The summed E-state index contributed by atoms with van der Waals surface area (Å²) in [6, 6.07) is 2.11. The smallest absolute Gasteiger partial charge is 0.158 e. The summed E-state index contributed by atoms with van der Waals surface area (Å²) in [4.78, 5) is 1.24. The molecule has 0 saturated carbocycles. The number of rotatable bonds is 3. The molecule has 0 spiro atoms. The number of aromatic nitrogens is 2. The van der Waals surface area contributed by atoms with Gasteiger partial charge in [0.25, 0.3) is 0 Å². The standard InChI is InChI=1S/C9H11N3S2/c1-6-3-4-13-8(6)9-12-11-7(14-9)5-10-2/h3-4,10H,5H2,1-2H3. The Kier molecular flexibility index (Phi) is 2.90. The predicted octanol–water partition coefficient (Wildman–Crippen LogP) is 2.29. The normalized spacial score (nSPS) is 10.7. The second-order valence-electron chi connectivity index (χ2n) is 2.96. The van der Waals surface area contributed by atoms with E-state index in [1.54, 1.807) is 22.7 Å². The van der Waals surface area contributed by atoms with Gasteiger partial charge < -0.3 is 5.32 Å². The maximum Gasteiger partial charge on any atom is 0.158 e. The molecule has 1 N–H and O–H groups in total. The van der Waals surface area contributed by atoms with Crippen LogP contribution in [0, 0.1) is 6.92 Å². The molecule has 5 heteroatoms. The third-order valence-electron chi connectivity index (χ3n) is 1.85. The molecule has 0 unspecified atom stereocenters. The maximum atomic E-state index is 4.18. The fraction of sp³-hybridized carbons (Fsp3) is 0.333. The van der Waals surface area contributed by atoms with Crippen LogP contribution in [0.1, 0.15) is 10.6 Å². The van der Waals surface area contributed by atoms with E-state index < -0.39 is 0 Å². The van der Waals surface area contributed by atoms with E-state index >= 15 is 0 Å². The summed E-state index contributed by atoms with van der Waals surface area (Å²) in [7, 11) is 1.91. The van der Waals surface area contributed by atoms with E-state index in [2.05, 4.69) is 33.9 Å². The van der Waals surface area contributed by atoms with Gasteiger partial charge in [0.15, 0.2) is 5.01 Å². The van der Waals surface area contributed by atoms with E-state index in [9.17, 15) is 0 Å². The van der Waals surface area contributed by atoms with Gasteiger partial charge in [-0.1, -0.05) is 11.3 Å². The van der Waals surface area contributed by atoms with E-state index in [1.807, 2.05) is 7.05 Å². The highest BCUT2D eigenvalue weighted by Crippen LogP contribution is 2.31. The van der Waals surface area contributed by atoms with Crippen LogP contribution >= 0.6 is 22.7 Å². The van der Waals surface area contributed by atoms with Crippen LogP contribution in [0.2, 0.25) is 0 Å². The highest BCUT2D eigenvalue weighted by atomic mass is 32.1. The SMILES string of the molecule is CNCc1nnc(-c2sccc2C)s1. The summed E-state index contributed by atoms with van der Waals surface area (Å²) in [6.07, 6.45) is 0. The Morgan fingerprint density at radius 2 is 2.29 bits per heavy atom. The minimum absolute atomic E-state index is 0.794. The first-order valence-electron chi connectivity index (χ1n) is 4.32. The van der Waals surface area contributed by atoms with Gasteiger partial charge in [-0.2, -0.15) is 0 Å². The molecule has 0 aliphatic heterocycles. The zero-order valence-electron chi connectivity index (χ0n) is 8.07. The largest absolute Gasteiger partial charge is 0.313 e. The summed E-state index contributed by atoms with van der Waals surface area (Å²) in [6.45, 7) is 2.90. The van der Waals surface area contributed by atoms with E-state index in [0.717, 1.165) is 16.6 Å². The second-order valence-corrected chi connectivity index (χ2v) is 4.94. The van der Waals surface area contributed by atoms with Crippen molar-refractivity contribution in [2.24, 2.45) is 0 Å². The number of hydrogen-bond acceptors (Lipinski definition) is 5. The number of hydrogen-bond donors (Lipinski definition) is 1. The molecule has 0 atom stereocenters. The second kappa shape index (κ2) is 4.16. The van der Waals surface area contributed by atoms with Crippen LogP contribution in [-0.4, -0.2) is 17.2 Å². The number of nitrogens with zero attached hydrogens (tertiary/aromatic N) is 2. The monoisotopic (exact) mass is 225 g/mol. The van der Waals surface area contributed by atoms with Crippen molar-refractivity contribution >= 4 is 22.7 Å². The lowest BCUT2D eigenvalue weighted by molar-refractivity contribution is 0.795. The molecule has 0 amide bonds. The molecule has 2 rings (SSSR count). The Hall–Kier alpha value is -0.780. The molecule has 3 nitrogen and oxygen atoms in total. The van der Waals surface area contributed by atoms with Gasteiger partial charge in [0.2, 0.25) is 0 Å². The van der Waals surface area contributed by atoms with Crippen LogP contribution in [0.4, 0.5) is 0 Å². The van der Waals surface area contributed by atoms with Gasteiger partial charge in [-0.25, -0.2) is 0 Å². The molecule has 0 saturated heterocycles. The Morgan fingerprint density at radius 3 is 2.93 bits per heavy atom. The molecule has 0 bridgehead atoms. The molecule has 0 aliphatic rings. The summed E-state index contributed by atoms with van der Waals surface area (Å²) in [5, 5.41) is 15.5. The third kappa shape index (κ3) is 1.84. The van der Waals surface area contributed by atoms with E-state index in [4.69, 9.17) is 0 Å². The van der Waals surface area contributed by atoms with Gasteiger partial charge in [0.1, 0.15) is 5.01 Å². The van der Waals surface area contributed by atoms with Gasteiger partial charge in [-0.15, -0.1) is 21.5 Å². The lowest BCUT2D eigenvalue weighted by Crippen LogP contribution is -2.04. The number of nitrogens with one attached hydrogen (secondary N) is 1. The van der Waals surface area contributed by atoms with Gasteiger partial charge in [-0.3, -0.25) is 0 Å². The van der Waals surface area contributed by atoms with Crippen LogP contribution in [-0.2, 0) is 6.54 Å². The first kappa shape index (κ1) is 9.76. The van der Waals surface area contributed by atoms with Crippen molar-refractivity contribution in [3.8, 4) is 9.88 Å². The van der Waals surface area contributed by atoms with Crippen molar-refractivity contribution in [3.63, 3.8) is 0 Å². The molecule has 0 radical (unpaired) electrons. The van der Waals surface area contributed by atoms with E-state index in [-0.39, 0.29) is 0 Å². The first-order chi connectivity index (χ1) is 6.81. The lowest BCUT2D eigenvalue weighted by atomic mass is 10.3.